The van der Waals surface area contributed by atoms with Crippen molar-refractivity contribution >= 4 is 45.3 Å². The number of halogens is 1. The monoisotopic (exact) mass is 529 g/mol. The Morgan fingerprint density at radius 3 is 2.71 bits per heavy atom. The van der Waals surface area contributed by atoms with Crippen LogP contribution in [-0.2, 0) is 4.79 Å². The molecule has 6 bridgehead atoms. The third-order valence-corrected chi connectivity index (χ3v) is 6.73. The minimum absolute atomic E-state index is 0.156. The predicted octanol–water partition coefficient (Wildman–Crippen LogP) is 4.19. The Labute approximate surface area is 221 Å². The number of hydrogen-bond acceptors (Lipinski definition) is 7. The van der Waals surface area contributed by atoms with Crippen molar-refractivity contribution in [2.75, 3.05) is 18.5 Å². The van der Waals surface area contributed by atoms with Crippen LogP contribution >= 0.6 is 11.6 Å². The van der Waals surface area contributed by atoms with Crippen molar-refractivity contribution in [3.63, 3.8) is 0 Å². The van der Waals surface area contributed by atoms with E-state index < -0.39 is 5.54 Å². The number of fused-ring (bicyclic) bond motifs is 6. The topological polar surface area (TPSA) is 138 Å². The molecule has 4 N–H and O–H groups in total. The molecule has 0 saturated heterocycles. The van der Waals surface area contributed by atoms with E-state index in [0.29, 0.717) is 51.7 Å². The summed E-state index contributed by atoms with van der Waals surface area (Å²) in [7, 11) is 0. The van der Waals surface area contributed by atoms with Crippen LogP contribution in [0.25, 0.3) is 44.6 Å². The molecule has 38 heavy (non-hydrogen) atoms. The number of aromatic amines is 2. The van der Waals surface area contributed by atoms with E-state index >= 15 is 0 Å². The Morgan fingerprint density at radius 1 is 1.03 bits per heavy atom. The number of carbonyl (C=O) groups is 1. The average molecular weight is 530 g/mol. The number of carbonyl (C=O) groups excluding carboxylic acids is 1. The number of aromatic nitrogens is 5. The Morgan fingerprint density at radius 2 is 1.87 bits per heavy atom. The van der Waals surface area contributed by atoms with Crippen LogP contribution in [-0.4, -0.2) is 49.5 Å². The summed E-state index contributed by atoms with van der Waals surface area (Å²) in [5, 5.41) is 7.22. The van der Waals surface area contributed by atoms with Gasteiger partial charge in [-0.15, -0.1) is 0 Å². The predicted molar refractivity (Wildman–Crippen MR) is 147 cm³/mol. The van der Waals surface area contributed by atoms with Crippen LogP contribution in [0.15, 0.2) is 47.4 Å². The van der Waals surface area contributed by atoms with Crippen molar-refractivity contribution in [3.8, 4) is 28.4 Å². The van der Waals surface area contributed by atoms with E-state index in [1.54, 1.807) is 24.4 Å². The van der Waals surface area contributed by atoms with Crippen LogP contribution in [0.4, 0.5) is 5.82 Å². The van der Waals surface area contributed by atoms with Crippen molar-refractivity contribution in [2.24, 2.45) is 0 Å². The molecule has 0 atom stereocenters. The van der Waals surface area contributed by atoms with Gasteiger partial charge in [0.25, 0.3) is 11.5 Å². The summed E-state index contributed by atoms with van der Waals surface area (Å²) in [6, 6.07) is 10.8. The fourth-order valence-corrected chi connectivity index (χ4v) is 4.88. The van der Waals surface area contributed by atoms with Crippen molar-refractivity contribution < 1.29 is 9.53 Å². The van der Waals surface area contributed by atoms with Gasteiger partial charge in [0.2, 0.25) is 0 Å². The smallest absolute Gasteiger partial charge is 0.259 e. The van der Waals surface area contributed by atoms with Gasteiger partial charge in [-0.3, -0.25) is 14.6 Å². The first-order chi connectivity index (χ1) is 18.2. The van der Waals surface area contributed by atoms with Gasteiger partial charge in [-0.2, -0.15) is 0 Å². The highest BCUT2D eigenvalue weighted by Crippen LogP contribution is 2.34. The molecule has 0 radical (unpaired) electrons. The van der Waals surface area contributed by atoms with E-state index in [0.717, 1.165) is 16.5 Å². The summed E-state index contributed by atoms with van der Waals surface area (Å²) in [5.74, 6) is 1.10. The second-order valence-electron chi connectivity index (χ2n) is 9.91. The maximum absolute atomic E-state index is 13.2. The Kier molecular flexibility index (Phi) is 5.57. The molecule has 0 aliphatic carbocycles. The van der Waals surface area contributed by atoms with E-state index in [9.17, 15) is 9.59 Å². The zero-order valence-corrected chi connectivity index (χ0v) is 21.7. The van der Waals surface area contributed by atoms with Crippen molar-refractivity contribution in [1.29, 1.82) is 0 Å². The SMILES string of the molecule is Cc1c2cccc1-c1nccc3[nH]c(=O)c(cc13)-c1nc3c(nc(Cl)cc3[nH]1)NCC(C)(C)NC(=O)CO2. The lowest BCUT2D eigenvalue weighted by atomic mass is 10.00. The fraction of sp³-hybridized carbons (Fsp3) is 0.222. The number of pyridine rings is 3. The number of nitrogens with zero attached hydrogens (tertiary/aromatic N) is 3. The Balaban J connectivity index is 1.62. The van der Waals surface area contributed by atoms with E-state index in [4.69, 9.17) is 21.3 Å². The number of hydrogen-bond donors (Lipinski definition) is 4. The summed E-state index contributed by atoms with van der Waals surface area (Å²) in [6.45, 7) is 5.87. The molecule has 5 aromatic rings. The van der Waals surface area contributed by atoms with E-state index in [2.05, 4.69) is 30.6 Å². The molecule has 10 nitrogen and oxygen atoms in total. The van der Waals surface area contributed by atoms with Gasteiger partial charge < -0.3 is 25.3 Å². The Bertz CT molecular complexity index is 1810. The zero-order chi connectivity index (χ0) is 26.6. The van der Waals surface area contributed by atoms with Gasteiger partial charge in [0.1, 0.15) is 22.2 Å². The second-order valence-corrected chi connectivity index (χ2v) is 10.3. The quantitative estimate of drug-likeness (QED) is 0.221. The number of rotatable bonds is 0. The first-order valence-corrected chi connectivity index (χ1v) is 12.4. The van der Waals surface area contributed by atoms with Gasteiger partial charge in [-0.05, 0) is 39.0 Å². The maximum Gasteiger partial charge on any atom is 0.259 e. The number of nitrogens with one attached hydrogen (secondary N) is 4. The number of ether oxygens (including phenoxy) is 1. The second kappa shape index (κ2) is 8.84. The molecule has 0 fully saturated rings. The first kappa shape index (κ1) is 23.9. The maximum atomic E-state index is 13.2. The highest BCUT2D eigenvalue weighted by molar-refractivity contribution is 6.30. The van der Waals surface area contributed by atoms with Gasteiger partial charge in [0.15, 0.2) is 12.4 Å². The van der Waals surface area contributed by atoms with Crippen LogP contribution < -0.4 is 20.9 Å². The van der Waals surface area contributed by atoms with Crippen LogP contribution in [0, 0.1) is 6.92 Å². The highest BCUT2D eigenvalue weighted by Gasteiger charge is 2.23. The van der Waals surface area contributed by atoms with E-state index in [1.807, 2.05) is 39.0 Å². The molecule has 6 rings (SSSR count). The largest absolute Gasteiger partial charge is 0.483 e. The van der Waals surface area contributed by atoms with Crippen molar-refractivity contribution in [1.82, 2.24) is 30.2 Å². The van der Waals surface area contributed by atoms with Crippen LogP contribution in [0.1, 0.15) is 19.4 Å². The normalized spacial score (nSPS) is 15.1. The minimum atomic E-state index is -0.650. The standard InChI is InChI=1S/C27H24ClN7O3/c1-13-14-5-4-6-19(13)38-11-21(36)35-27(2,3)12-30-25-23-18(10-20(28)33-25)31-24(34-23)16-9-15-17(32-26(16)37)7-8-29-22(14)15/h4-10H,11-12H2,1-3H3,(H,30,33)(H,31,34)(H,32,37)(H,35,36). The van der Waals surface area contributed by atoms with Gasteiger partial charge in [0.05, 0.1) is 27.8 Å². The third-order valence-electron chi connectivity index (χ3n) is 6.54. The molecule has 1 aromatic carbocycles. The number of imidazole rings is 1. The molecule has 1 aliphatic heterocycles. The summed E-state index contributed by atoms with van der Waals surface area (Å²) in [4.78, 5) is 45.9. The molecule has 0 saturated carbocycles. The van der Waals surface area contributed by atoms with Gasteiger partial charge in [-0.25, -0.2) is 9.97 Å². The first-order valence-electron chi connectivity index (χ1n) is 12.0. The number of benzene rings is 1. The Hall–Kier alpha value is -4.44. The molecule has 11 heteroatoms. The van der Waals surface area contributed by atoms with E-state index in [-0.39, 0.29) is 23.2 Å². The molecule has 0 unspecified atom stereocenters. The summed E-state index contributed by atoms with van der Waals surface area (Å²) in [6.07, 6.45) is 1.65. The highest BCUT2D eigenvalue weighted by atomic mass is 35.5. The van der Waals surface area contributed by atoms with Gasteiger partial charge >= 0.3 is 0 Å². The molecule has 5 heterocycles. The molecular weight excluding hydrogens is 506 g/mol. The summed E-state index contributed by atoms with van der Waals surface area (Å²) in [5.41, 5.74) is 3.48. The molecule has 0 spiro atoms. The number of anilines is 1. The van der Waals surface area contributed by atoms with Crippen LogP contribution in [0.5, 0.6) is 5.75 Å². The molecule has 1 aliphatic rings. The summed E-state index contributed by atoms with van der Waals surface area (Å²) >= 11 is 6.30. The fourth-order valence-electron chi connectivity index (χ4n) is 4.69. The molecule has 4 aromatic heterocycles. The van der Waals surface area contributed by atoms with Gasteiger partial charge in [-0.1, -0.05) is 23.7 Å². The molecule has 192 valence electrons. The lowest BCUT2D eigenvalue weighted by Crippen LogP contribution is -2.50. The van der Waals surface area contributed by atoms with E-state index in [1.165, 1.54) is 0 Å². The van der Waals surface area contributed by atoms with Crippen molar-refractivity contribution in [2.45, 2.75) is 26.3 Å². The summed E-state index contributed by atoms with van der Waals surface area (Å²) < 4.78 is 5.92. The average Bonchev–Trinajstić information content (AvgIpc) is 3.29. The lowest BCUT2D eigenvalue weighted by molar-refractivity contribution is -0.124. The van der Waals surface area contributed by atoms with Crippen LogP contribution in [0.2, 0.25) is 5.15 Å². The minimum Gasteiger partial charge on any atom is -0.483 e. The van der Waals surface area contributed by atoms with Gasteiger partial charge in [0, 0.05) is 35.3 Å². The van der Waals surface area contributed by atoms with Crippen LogP contribution in [0.3, 0.4) is 0 Å². The molecule has 1 amide bonds. The molecular formula is C27H24ClN7O3. The zero-order valence-electron chi connectivity index (χ0n) is 20.9. The third kappa shape index (κ3) is 4.22. The lowest BCUT2D eigenvalue weighted by Gasteiger charge is -2.27. The number of H-pyrrole nitrogens is 2. The number of amides is 1. The van der Waals surface area contributed by atoms with Crippen molar-refractivity contribution in [3.05, 3.63) is 63.7 Å².